The molecule has 0 radical (unpaired) electrons. The summed E-state index contributed by atoms with van der Waals surface area (Å²) in [7, 11) is 0. The molecule has 0 amide bonds. The SMILES string of the molecule is [2H]c1c([2H])c([2H])c(-c2nc(-c3ccccc3)nc(-c3ccc(-n4c5ccccc5c5ccc6c(c7ccccc7n6-c6c([2H])c([2H])c([2H])c([2H])c6[2H])c54)c(-c4nc(-c5ccccc5)nc(-c5ccccc5)n4)c3)n2)c([2H])c1[2H]. The molecule has 0 saturated heterocycles. The largest absolute Gasteiger partial charge is 0.309 e. The van der Waals surface area contributed by atoms with Crippen molar-refractivity contribution in [3.8, 4) is 79.7 Å². The summed E-state index contributed by atoms with van der Waals surface area (Å²) in [5.74, 6) is 1.29. The van der Waals surface area contributed by atoms with Gasteiger partial charge in [-0.3, -0.25) is 0 Å². The quantitative estimate of drug-likeness (QED) is 0.151. The van der Waals surface area contributed by atoms with Gasteiger partial charge in [-0.2, -0.15) is 0 Å². The number of benzene rings is 9. The van der Waals surface area contributed by atoms with Crippen LogP contribution in [0.4, 0.5) is 0 Å². The number of hydrogen-bond donors (Lipinski definition) is 0. The van der Waals surface area contributed by atoms with Gasteiger partial charge in [0, 0.05) is 60.6 Å². The minimum Gasteiger partial charge on any atom is -0.309 e. The van der Waals surface area contributed by atoms with Gasteiger partial charge >= 0.3 is 0 Å². The van der Waals surface area contributed by atoms with Gasteiger partial charge in [-0.05, 0) is 48.5 Å². The molecule has 13 aromatic rings. The fourth-order valence-electron chi connectivity index (χ4n) is 9.03. The van der Waals surface area contributed by atoms with Crippen LogP contribution in [-0.4, -0.2) is 39.0 Å². The molecule has 8 heteroatoms. The number of fused-ring (bicyclic) bond motifs is 7. The van der Waals surface area contributed by atoms with Crippen LogP contribution in [0.15, 0.2) is 230 Å². The second kappa shape index (κ2) is 16.2. The van der Waals surface area contributed by atoms with E-state index >= 15 is 0 Å². The van der Waals surface area contributed by atoms with Gasteiger partial charge in [-0.15, -0.1) is 0 Å². The van der Waals surface area contributed by atoms with Crippen molar-refractivity contribution < 1.29 is 13.7 Å². The monoisotopic (exact) mass is 880 g/mol. The molecule has 0 aliphatic heterocycles. The summed E-state index contributed by atoms with van der Waals surface area (Å²) in [6.45, 7) is 0. The van der Waals surface area contributed by atoms with Gasteiger partial charge < -0.3 is 9.13 Å². The molecule has 0 atom stereocenters. The van der Waals surface area contributed by atoms with E-state index in [1.54, 1.807) is 4.57 Å². The standard InChI is InChI=1S/C60H38N8/c1-6-20-39(21-7-1)55-61-56(40-22-8-2-9-23-40)64-59(63-55)43-34-36-51(48(38-43)60-65-57(41-24-10-3-11-25-41)62-58(66-60)42-26-12-4-13-27-42)68-49-32-18-16-30-45(49)46-35-37-52-53(54(46)68)47-31-17-19-33-50(47)67(52)44-28-14-5-15-29-44/h1-38H/i1D,5D,6D,7D,14D,15D,20D,21D,28D,29D. The zero-order valence-electron chi connectivity index (χ0n) is 45.7. The van der Waals surface area contributed by atoms with E-state index in [1.165, 1.54) is 0 Å². The normalized spacial score (nSPS) is 13.6. The molecular formula is C60H38N8. The Balaban J connectivity index is 1.16. The highest BCUT2D eigenvalue weighted by atomic mass is 15.1. The maximum atomic E-state index is 9.16. The molecule has 4 heterocycles. The van der Waals surface area contributed by atoms with E-state index in [1.807, 2.05) is 170 Å². The first-order valence-electron chi connectivity index (χ1n) is 26.8. The fraction of sp³-hybridized carbons (Fsp3) is 0. The van der Waals surface area contributed by atoms with E-state index in [4.69, 9.17) is 43.6 Å². The molecule has 0 aliphatic carbocycles. The first-order valence-corrected chi connectivity index (χ1v) is 21.8. The molecule has 0 N–H and O–H groups in total. The van der Waals surface area contributed by atoms with Crippen LogP contribution in [0.1, 0.15) is 13.7 Å². The van der Waals surface area contributed by atoms with Crippen molar-refractivity contribution in [1.82, 2.24) is 39.0 Å². The second-order valence-corrected chi connectivity index (χ2v) is 16.0. The maximum Gasteiger partial charge on any atom is 0.166 e. The minimum atomic E-state index is -0.547. The summed E-state index contributed by atoms with van der Waals surface area (Å²) >= 11 is 0. The van der Waals surface area contributed by atoms with Crippen LogP contribution in [0, 0.1) is 0 Å². The maximum absolute atomic E-state index is 9.16. The molecular weight excluding hydrogens is 833 g/mol. The lowest BCUT2D eigenvalue weighted by Crippen LogP contribution is -2.05. The van der Waals surface area contributed by atoms with Crippen molar-refractivity contribution in [1.29, 1.82) is 0 Å². The number of para-hydroxylation sites is 3. The van der Waals surface area contributed by atoms with E-state index in [2.05, 4.69) is 4.57 Å². The van der Waals surface area contributed by atoms with Crippen molar-refractivity contribution in [3.63, 3.8) is 0 Å². The summed E-state index contributed by atoms with van der Waals surface area (Å²) in [6, 6.07) is 48.9. The summed E-state index contributed by atoms with van der Waals surface area (Å²) < 4.78 is 91.4. The van der Waals surface area contributed by atoms with Crippen LogP contribution in [-0.2, 0) is 0 Å². The van der Waals surface area contributed by atoms with Gasteiger partial charge in [0.2, 0.25) is 0 Å². The molecule has 13 rings (SSSR count). The van der Waals surface area contributed by atoms with Crippen LogP contribution < -0.4 is 0 Å². The zero-order valence-corrected chi connectivity index (χ0v) is 35.7. The van der Waals surface area contributed by atoms with Crippen LogP contribution in [0.2, 0.25) is 0 Å². The number of rotatable bonds is 8. The Hall–Kier alpha value is -9.40. The van der Waals surface area contributed by atoms with Gasteiger partial charge in [-0.25, -0.2) is 29.9 Å². The second-order valence-electron chi connectivity index (χ2n) is 16.0. The predicted octanol–water partition coefficient (Wildman–Crippen LogP) is 14.3. The van der Waals surface area contributed by atoms with Crippen molar-refractivity contribution in [2.45, 2.75) is 0 Å². The van der Waals surface area contributed by atoms with E-state index < -0.39 is 48.3 Å². The number of aromatic nitrogens is 8. The Morgan fingerprint density at radius 1 is 0.324 bits per heavy atom. The predicted molar refractivity (Wildman–Crippen MR) is 275 cm³/mol. The highest BCUT2D eigenvalue weighted by Crippen LogP contribution is 2.44. The lowest BCUT2D eigenvalue weighted by molar-refractivity contribution is 1.06. The molecule has 0 spiro atoms. The van der Waals surface area contributed by atoms with Crippen LogP contribution in [0.25, 0.3) is 123 Å². The lowest BCUT2D eigenvalue weighted by Gasteiger charge is -2.17. The lowest BCUT2D eigenvalue weighted by atomic mass is 10.0. The minimum absolute atomic E-state index is 0.0153. The molecule has 0 unspecified atom stereocenters. The van der Waals surface area contributed by atoms with Gasteiger partial charge in [0.05, 0.1) is 41.5 Å². The topological polar surface area (TPSA) is 87.2 Å². The van der Waals surface area contributed by atoms with Crippen LogP contribution in [0.3, 0.4) is 0 Å². The summed E-state index contributed by atoms with van der Waals surface area (Å²) in [5.41, 5.74) is 6.26. The Morgan fingerprint density at radius 2 is 0.794 bits per heavy atom. The highest BCUT2D eigenvalue weighted by molar-refractivity contribution is 6.26. The molecule has 318 valence electrons. The Kier molecular flexibility index (Phi) is 7.15. The Bertz CT molecular complexity index is 4510. The summed E-state index contributed by atoms with van der Waals surface area (Å²) in [6.07, 6.45) is 0. The summed E-state index contributed by atoms with van der Waals surface area (Å²) in [4.78, 5) is 30.2. The molecule has 68 heavy (non-hydrogen) atoms. The van der Waals surface area contributed by atoms with E-state index in [9.17, 15) is 0 Å². The number of nitrogens with zero attached hydrogens (tertiary/aromatic N) is 8. The highest BCUT2D eigenvalue weighted by Gasteiger charge is 2.25. The van der Waals surface area contributed by atoms with Crippen molar-refractivity contribution in [2.75, 3.05) is 0 Å². The molecule has 0 aliphatic rings. The van der Waals surface area contributed by atoms with Crippen molar-refractivity contribution in [2.24, 2.45) is 0 Å². The third kappa shape index (κ3) is 6.62. The average molecular weight is 881 g/mol. The van der Waals surface area contributed by atoms with E-state index in [0.717, 1.165) is 43.7 Å². The number of hydrogen-bond acceptors (Lipinski definition) is 6. The smallest absolute Gasteiger partial charge is 0.166 e. The van der Waals surface area contributed by atoms with E-state index in [-0.39, 0.29) is 46.6 Å². The van der Waals surface area contributed by atoms with Gasteiger partial charge in [0.15, 0.2) is 34.9 Å². The first-order chi connectivity index (χ1) is 37.9. The van der Waals surface area contributed by atoms with Crippen LogP contribution >= 0.6 is 0 Å². The van der Waals surface area contributed by atoms with Crippen LogP contribution in [0.5, 0.6) is 0 Å². The van der Waals surface area contributed by atoms with Crippen molar-refractivity contribution >= 4 is 43.6 Å². The third-order valence-electron chi connectivity index (χ3n) is 12.0. The molecule has 8 nitrogen and oxygen atoms in total. The fourth-order valence-corrected chi connectivity index (χ4v) is 9.03. The molecule has 0 fully saturated rings. The van der Waals surface area contributed by atoms with Gasteiger partial charge in [0.25, 0.3) is 0 Å². The molecule has 0 bridgehead atoms. The molecule has 0 saturated carbocycles. The molecule has 4 aromatic heterocycles. The zero-order chi connectivity index (χ0) is 53.7. The Morgan fingerprint density at radius 3 is 1.38 bits per heavy atom. The van der Waals surface area contributed by atoms with E-state index in [0.29, 0.717) is 45.1 Å². The Labute approximate surface area is 405 Å². The van der Waals surface area contributed by atoms with Gasteiger partial charge in [-0.1, -0.05) is 182 Å². The van der Waals surface area contributed by atoms with Crippen molar-refractivity contribution in [3.05, 3.63) is 230 Å². The average Bonchev–Trinajstić information content (AvgIpc) is 4.16. The van der Waals surface area contributed by atoms with Gasteiger partial charge in [0.1, 0.15) is 0 Å². The molecule has 9 aromatic carbocycles. The summed E-state index contributed by atoms with van der Waals surface area (Å²) in [5, 5.41) is 3.29. The third-order valence-corrected chi connectivity index (χ3v) is 12.0. The first kappa shape index (κ1) is 29.9.